The number of hydrogen-bond donors (Lipinski definition) is 0. The van der Waals surface area contributed by atoms with Gasteiger partial charge in [-0.3, -0.25) is 0 Å². The number of hydrogen-bond acceptors (Lipinski definition) is 2. The third kappa shape index (κ3) is 5.28. The summed E-state index contributed by atoms with van der Waals surface area (Å²) in [6.07, 6.45) is 0. The van der Waals surface area contributed by atoms with E-state index in [0.29, 0.717) is 0 Å². The van der Waals surface area contributed by atoms with Crippen LogP contribution in [0.5, 0.6) is 0 Å². The van der Waals surface area contributed by atoms with Crippen molar-refractivity contribution in [2.24, 2.45) is 0 Å². The predicted molar refractivity (Wildman–Crippen MR) is 218 cm³/mol. The molecule has 0 fully saturated rings. The van der Waals surface area contributed by atoms with E-state index in [1.807, 2.05) is 0 Å². The first-order chi connectivity index (χ1) is 25.7. The van der Waals surface area contributed by atoms with Gasteiger partial charge in [0.25, 0.3) is 0 Å². The molecule has 0 unspecified atom stereocenters. The normalized spacial score (nSPS) is 12.5. The number of aryl methyl sites for hydroxylation is 1. The molecule has 0 saturated carbocycles. The molecule has 8 aromatic carbocycles. The fraction of sp³-hybridized carbons (Fsp3) is 0.0400. The molecule has 0 saturated heterocycles. The van der Waals surface area contributed by atoms with Crippen molar-refractivity contribution in [1.29, 1.82) is 0 Å². The number of para-hydroxylation sites is 4. The van der Waals surface area contributed by atoms with Crippen molar-refractivity contribution in [2.45, 2.75) is 12.3 Å². The lowest BCUT2D eigenvalue weighted by Crippen LogP contribution is -2.29. The van der Waals surface area contributed by atoms with Gasteiger partial charge in [0, 0.05) is 34.1 Å². The van der Waals surface area contributed by atoms with Crippen LogP contribution in [0.2, 0.25) is 0 Å². The molecule has 0 N–H and O–H groups in total. The molecule has 0 amide bonds. The van der Waals surface area contributed by atoms with E-state index in [1.54, 1.807) is 0 Å². The maximum atomic E-state index is 2.44. The first-order valence-electron chi connectivity index (χ1n) is 17.9. The third-order valence-corrected chi connectivity index (χ3v) is 10.4. The van der Waals surface area contributed by atoms with Gasteiger partial charge in [0.1, 0.15) is 0 Å². The summed E-state index contributed by atoms with van der Waals surface area (Å²) in [7, 11) is 0. The molecule has 0 radical (unpaired) electrons. The number of fused-ring (bicyclic) bond motifs is 3. The zero-order valence-corrected chi connectivity index (χ0v) is 29.1. The van der Waals surface area contributed by atoms with Crippen LogP contribution in [0.4, 0.5) is 34.1 Å². The van der Waals surface area contributed by atoms with Gasteiger partial charge in [-0.25, -0.2) is 0 Å². The van der Waals surface area contributed by atoms with Crippen LogP contribution >= 0.6 is 0 Å². The molecule has 0 aromatic heterocycles. The van der Waals surface area contributed by atoms with Crippen LogP contribution in [0.15, 0.2) is 212 Å². The van der Waals surface area contributed by atoms with Gasteiger partial charge in [-0.05, 0) is 113 Å². The average Bonchev–Trinajstić information content (AvgIpc) is 3.50. The van der Waals surface area contributed by atoms with Crippen molar-refractivity contribution in [3.05, 3.63) is 240 Å². The molecule has 2 heteroatoms. The van der Waals surface area contributed by atoms with Gasteiger partial charge in [0.2, 0.25) is 0 Å². The van der Waals surface area contributed by atoms with E-state index in [1.165, 1.54) is 38.9 Å². The van der Waals surface area contributed by atoms with Crippen LogP contribution in [0.3, 0.4) is 0 Å². The SMILES string of the molecule is Cc1ccc(C2(c3ccccc3)c3cc(N(c4ccccc4)c4ccccc4)ccc3-c3ccc(N(c4ccccc4)c4ccccc4)cc32)cc1. The van der Waals surface area contributed by atoms with Gasteiger partial charge in [-0.1, -0.05) is 145 Å². The van der Waals surface area contributed by atoms with Crippen LogP contribution in [-0.4, -0.2) is 0 Å². The first kappa shape index (κ1) is 31.3. The Bertz CT molecular complexity index is 2230. The Morgan fingerprint density at radius 1 is 0.308 bits per heavy atom. The lowest BCUT2D eigenvalue weighted by Gasteiger charge is -2.35. The molecule has 0 aliphatic heterocycles. The zero-order chi connectivity index (χ0) is 34.9. The highest BCUT2D eigenvalue weighted by atomic mass is 15.1. The number of nitrogens with zero attached hydrogens (tertiary/aromatic N) is 2. The molecule has 0 spiro atoms. The summed E-state index contributed by atoms with van der Waals surface area (Å²) in [6, 6.07) is 77.1. The van der Waals surface area contributed by atoms with Crippen molar-refractivity contribution >= 4 is 34.1 Å². The summed E-state index contributed by atoms with van der Waals surface area (Å²) >= 11 is 0. The van der Waals surface area contributed by atoms with Crippen molar-refractivity contribution in [3.8, 4) is 11.1 Å². The Hall–Kier alpha value is -6.64. The van der Waals surface area contributed by atoms with Crippen LogP contribution in [0.1, 0.15) is 27.8 Å². The molecule has 52 heavy (non-hydrogen) atoms. The van der Waals surface area contributed by atoms with Crippen LogP contribution in [-0.2, 0) is 5.41 Å². The molecule has 9 rings (SSSR count). The minimum absolute atomic E-state index is 0.580. The molecule has 2 nitrogen and oxygen atoms in total. The summed E-state index contributed by atoms with van der Waals surface area (Å²) in [5.74, 6) is 0. The topological polar surface area (TPSA) is 6.48 Å². The molecule has 1 aliphatic carbocycles. The van der Waals surface area contributed by atoms with Crippen molar-refractivity contribution in [2.75, 3.05) is 9.80 Å². The van der Waals surface area contributed by atoms with Crippen molar-refractivity contribution in [1.82, 2.24) is 0 Å². The lowest BCUT2D eigenvalue weighted by atomic mass is 9.67. The minimum Gasteiger partial charge on any atom is -0.310 e. The Kier molecular flexibility index (Phi) is 7.98. The fourth-order valence-corrected chi connectivity index (χ4v) is 8.06. The third-order valence-electron chi connectivity index (χ3n) is 10.4. The molecule has 0 heterocycles. The summed E-state index contributed by atoms with van der Waals surface area (Å²) in [4.78, 5) is 4.73. The largest absolute Gasteiger partial charge is 0.310 e. The van der Waals surface area contributed by atoms with E-state index in [4.69, 9.17) is 0 Å². The second-order valence-electron chi connectivity index (χ2n) is 13.5. The molecule has 0 atom stereocenters. The molecular weight excluding hydrogens is 629 g/mol. The number of rotatable bonds is 8. The maximum absolute atomic E-state index is 2.44. The molecule has 8 aromatic rings. The smallest absolute Gasteiger partial charge is 0.0715 e. The van der Waals surface area contributed by atoms with E-state index in [-0.39, 0.29) is 0 Å². The highest BCUT2D eigenvalue weighted by Crippen LogP contribution is 2.58. The van der Waals surface area contributed by atoms with Gasteiger partial charge in [-0.2, -0.15) is 0 Å². The summed E-state index contributed by atoms with van der Waals surface area (Å²) in [5, 5.41) is 0. The Balaban J connectivity index is 1.34. The monoisotopic (exact) mass is 666 g/mol. The van der Waals surface area contributed by atoms with E-state index < -0.39 is 5.41 Å². The van der Waals surface area contributed by atoms with E-state index in [2.05, 4.69) is 229 Å². The quantitative estimate of drug-likeness (QED) is 0.159. The van der Waals surface area contributed by atoms with E-state index in [0.717, 1.165) is 34.1 Å². The van der Waals surface area contributed by atoms with Gasteiger partial charge in [-0.15, -0.1) is 0 Å². The molecular formula is C50H38N2. The van der Waals surface area contributed by atoms with Crippen LogP contribution in [0, 0.1) is 6.92 Å². The van der Waals surface area contributed by atoms with E-state index in [9.17, 15) is 0 Å². The maximum Gasteiger partial charge on any atom is 0.0715 e. The van der Waals surface area contributed by atoms with Crippen molar-refractivity contribution in [3.63, 3.8) is 0 Å². The highest BCUT2D eigenvalue weighted by Gasteiger charge is 2.47. The fourth-order valence-electron chi connectivity index (χ4n) is 8.06. The van der Waals surface area contributed by atoms with Gasteiger partial charge in [0.05, 0.1) is 5.41 Å². The number of anilines is 6. The molecule has 248 valence electrons. The van der Waals surface area contributed by atoms with Gasteiger partial charge in [0.15, 0.2) is 0 Å². The van der Waals surface area contributed by atoms with Crippen molar-refractivity contribution < 1.29 is 0 Å². The Morgan fingerprint density at radius 3 is 1.00 bits per heavy atom. The van der Waals surface area contributed by atoms with Crippen LogP contribution in [0.25, 0.3) is 11.1 Å². The van der Waals surface area contributed by atoms with Gasteiger partial charge >= 0.3 is 0 Å². The number of benzene rings is 8. The van der Waals surface area contributed by atoms with E-state index >= 15 is 0 Å². The van der Waals surface area contributed by atoms with Crippen LogP contribution < -0.4 is 9.80 Å². The average molecular weight is 667 g/mol. The molecule has 1 aliphatic rings. The molecule has 0 bridgehead atoms. The summed E-state index contributed by atoms with van der Waals surface area (Å²) < 4.78 is 0. The lowest BCUT2D eigenvalue weighted by molar-refractivity contribution is 0.768. The standard InChI is InChI=1S/C50H38N2/c1-37-27-29-39(30-28-37)50(38-17-7-2-8-18-38)48-35-44(51(40-19-9-3-10-20-40)41-21-11-4-12-22-41)31-33-46(48)47-34-32-45(36-49(47)50)52(42-23-13-5-14-24-42)43-25-15-6-16-26-43/h2-36H,1H3. The zero-order valence-electron chi connectivity index (χ0n) is 29.1. The highest BCUT2D eigenvalue weighted by molar-refractivity contribution is 5.91. The second-order valence-corrected chi connectivity index (χ2v) is 13.5. The Morgan fingerprint density at radius 2 is 0.635 bits per heavy atom. The Labute approximate surface area is 306 Å². The van der Waals surface area contributed by atoms with Gasteiger partial charge < -0.3 is 9.80 Å². The minimum atomic E-state index is -0.580. The first-order valence-corrected chi connectivity index (χ1v) is 17.9. The summed E-state index contributed by atoms with van der Waals surface area (Å²) in [6.45, 7) is 2.17. The predicted octanol–water partition coefficient (Wildman–Crippen LogP) is 13.3. The second kappa shape index (κ2) is 13.2. The summed E-state index contributed by atoms with van der Waals surface area (Å²) in [5.41, 5.74) is 14.9.